The summed E-state index contributed by atoms with van der Waals surface area (Å²) < 4.78 is 14.7. The molecule has 21 heavy (non-hydrogen) atoms. The smallest absolute Gasteiger partial charge is 0.319 e. The van der Waals surface area contributed by atoms with Crippen LogP contribution in [0, 0.1) is 0 Å². The molecular weight excluding hydrogens is 298 g/mol. The Morgan fingerprint density at radius 1 is 1.10 bits per heavy atom. The average molecular weight is 316 g/mol. The monoisotopic (exact) mass is 315 g/mol. The molecule has 0 atom stereocenters. The minimum Gasteiger partial charge on any atom is -0.491 e. The molecule has 7 heteroatoms. The molecule has 0 spiro atoms. The Bertz CT molecular complexity index is 462. The average Bonchev–Trinajstić information content (AvgIpc) is 2.48. The maximum atomic E-state index is 11.3. The van der Waals surface area contributed by atoms with Crippen LogP contribution < -0.4 is 4.74 Å². The van der Waals surface area contributed by atoms with E-state index in [1.165, 1.54) is 14.2 Å². The van der Waals surface area contributed by atoms with E-state index >= 15 is 0 Å². The summed E-state index contributed by atoms with van der Waals surface area (Å²) in [6, 6.07) is 7.07. The topological polar surface area (TPSA) is 65.1 Å². The van der Waals surface area contributed by atoms with Gasteiger partial charge in [0, 0.05) is 6.54 Å². The van der Waals surface area contributed by atoms with Crippen LogP contribution in [0.25, 0.3) is 0 Å². The van der Waals surface area contributed by atoms with Crippen molar-refractivity contribution >= 4 is 23.5 Å². The number of rotatable bonds is 8. The molecule has 0 aliphatic heterocycles. The number of esters is 2. The second kappa shape index (κ2) is 9.20. The fourth-order valence-corrected chi connectivity index (χ4v) is 1.75. The normalized spacial score (nSPS) is 10.3. The Morgan fingerprint density at radius 3 is 2.19 bits per heavy atom. The number of methoxy groups -OCH3 is 2. The van der Waals surface area contributed by atoms with Crippen molar-refractivity contribution in [1.82, 2.24) is 4.90 Å². The van der Waals surface area contributed by atoms with Crippen molar-refractivity contribution in [3.8, 4) is 5.75 Å². The van der Waals surface area contributed by atoms with Gasteiger partial charge in [0.1, 0.15) is 12.4 Å². The van der Waals surface area contributed by atoms with Crippen molar-refractivity contribution in [1.29, 1.82) is 0 Å². The van der Waals surface area contributed by atoms with E-state index < -0.39 is 11.9 Å². The Balaban J connectivity index is 2.50. The molecule has 0 fully saturated rings. The second-order valence-electron chi connectivity index (χ2n) is 4.14. The highest BCUT2D eigenvalue weighted by Crippen LogP contribution is 2.22. The Morgan fingerprint density at radius 2 is 1.67 bits per heavy atom. The van der Waals surface area contributed by atoms with Crippen molar-refractivity contribution in [3.05, 3.63) is 29.3 Å². The van der Waals surface area contributed by atoms with E-state index in [2.05, 4.69) is 9.47 Å². The quantitative estimate of drug-likeness (QED) is 0.675. The SMILES string of the molecule is COC(=O)CN(CCOc1ccccc1Cl)CC(=O)OC. The molecule has 0 heterocycles. The van der Waals surface area contributed by atoms with Gasteiger partial charge in [-0.2, -0.15) is 0 Å². The van der Waals surface area contributed by atoms with Gasteiger partial charge in [-0.3, -0.25) is 14.5 Å². The number of benzene rings is 1. The van der Waals surface area contributed by atoms with Crippen molar-refractivity contribution in [2.24, 2.45) is 0 Å². The molecule has 6 nitrogen and oxygen atoms in total. The summed E-state index contributed by atoms with van der Waals surface area (Å²) in [5, 5.41) is 0.505. The van der Waals surface area contributed by atoms with E-state index in [4.69, 9.17) is 16.3 Å². The third-order valence-corrected chi connectivity index (χ3v) is 2.97. The summed E-state index contributed by atoms with van der Waals surface area (Å²) in [7, 11) is 2.58. The lowest BCUT2D eigenvalue weighted by atomic mass is 10.3. The number of para-hydroxylation sites is 1. The van der Waals surface area contributed by atoms with E-state index in [0.717, 1.165) is 0 Å². The molecule has 0 aliphatic rings. The van der Waals surface area contributed by atoms with Crippen LogP contribution in [0.2, 0.25) is 5.02 Å². The van der Waals surface area contributed by atoms with Gasteiger partial charge in [-0.05, 0) is 12.1 Å². The van der Waals surface area contributed by atoms with Crippen LogP contribution in [0.4, 0.5) is 0 Å². The molecule has 0 saturated heterocycles. The first kappa shape index (κ1) is 17.3. The Kier molecular flexibility index (Phi) is 7.56. The molecule has 1 rings (SSSR count). The van der Waals surface area contributed by atoms with E-state index in [1.807, 2.05) is 6.07 Å². The van der Waals surface area contributed by atoms with Gasteiger partial charge < -0.3 is 14.2 Å². The summed E-state index contributed by atoms with van der Waals surface area (Å²) in [6.07, 6.45) is 0. The number of hydrogen-bond acceptors (Lipinski definition) is 6. The first-order chi connectivity index (χ1) is 10.1. The molecule has 0 aliphatic carbocycles. The van der Waals surface area contributed by atoms with E-state index in [1.54, 1.807) is 23.1 Å². The fourth-order valence-electron chi connectivity index (χ4n) is 1.55. The molecular formula is C14H18ClNO5. The Hall–Kier alpha value is -1.79. The third-order valence-electron chi connectivity index (χ3n) is 2.66. The Labute approximate surface area is 128 Å². The van der Waals surface area contributed by atoms with Crippen LogP contribution in [0.3, 0.4) is 0 Å². The lowest BCUT2D eigenvalue weighted by Gasteiger charge is -2.19. The zero-order valence-electron chi connectivity index (χ0n) is 12.0. The van der Waals surface area contributed by atoms with Gasteiger partial charge >= 0.3 is 11.9 Å². The minimum atomic E-state index is -0.434. The van der Waals surface area contributed by atoms with Gasteiger partial charge in [0.2, 0.25) is 0 Å². The van der Waals surface area contributed by atoms with Crippen molar-refractivity contribution in [2.75, 3.05) is 40.5 Å². The van der Waals surface area contributed by atoms with E-state index in [0.29, 0.717) is 17.3 Å². The molecule has 0 aromatic heterocycles. The van der Waals surface area contributed by atoms with Crippen LogP contribution in [-0.2, 0) is 19.1 Å². The molecule has 0 bridgehead atoms. The summed E-state index contributed by atoms with van der Waals surface area (Å²) in [4.78, 5) is 24.2. The van der Waals surface area contributed by atoms with Gasteiger partial charge in [0.15, 0.2) is 0 Å². The largest absolute Gasteiger partial charge is 0.491 e. The highest BCUT2D eigenvalue weighted by Gasteiger charge is 2.15. The van der Waals surface area contributed by atoms with Crippen molar-refractivity contribution < 1.29 is 23.8 Å². The summed E-state index contributed by atoms with van der Waals surface area (Å²) >= 11 is 5.97. The number of carbonyl (C=O) groups excluding carboxylic acids is 2. The van der Waals surface area contributed by atoms with Gasteiger partial charge in [-0.1, -0.05) is 23.7 Å². The summed E-state index contributed by atoms with van der Waals surface area (Å²) in [5.41, 5.74) is 0. The fraction of sp³-hybridized carbons (Fsp3) is 0.429. The first-order valence-corrected chi connectivity index (χ1v) is 6.68. The summed E-state index contributed by atoms with van der Waals surface area (Å²) in [5.74, 6) is -0.316. The predicted molar refractivity (Wildman–Crippen MR) is 77.4 cm³/mol. The second-order valence-corrected chi connectivity index (χ2v) is 4.55. The van der Waals surface area contributed by atoms with Crippen LogP contribution >= 0.6 is 11.6 Å². The van der Waals surface area contributed by atoms with Crippen LogP contribution in [0.1, 0.15) is 0 Å². The van der Waals surface area contributed by atoms with Gasteiger partial charge in [0.25, 0.3) is 0 Å². The maximum Gasteiger partial charge on any atom is 0.319 e. The molecule has 1 aromatic carbocycles. The summed E-state index contributed by atoms with van der Waals surface area (Å²) in [6.45, 7) is 0.599. The first-order valence-electron chi connectivity index (χ1n) is 6.30. The number of hydrogen-bond donors (Lipinski definition) is 0. The van der Waals surface area contributed by atoms with Crippen LogP contribution in [-0.4, -0.2) is 57.3 Å². The molecule has 116 valence electrons. The highest BCUT2D eigenvalue weighted by molar-refractivity contribution is 6.32. The zero-order valence-corrected chi connectivity index (χ0v) is 12.8. The lowest BCUT2D eigenvalue weighted by Crippen LogP contribution is -2.38. The van der Waals surface area contributed by atoms with Gasteiger partial charge in [0.05, 0.1) is 32.3 Å². The van der Waals surface area contributed by atoms with Gasteiger partial charge in [-0.25, -0.2) is 0 Å². The van der Waals surface area contributed by atoms with Crippen LogP contribution in [0.15, 0.2) is 24.3 Å². The molecule has 0 amide bonds. The molecule has 0 saturated carbocycles. The molecule has 0 unspecified atom stereocenters. The minimum absolute atomic E-state index is 0.0164. The van der Waals surface area contributed by atoms with E-state index in [9.17, 15) is 9.59 Å². The molecule has 0 N–H and O–H groups in total. The van der Waals surface area contributed by atoms with E-state index in [-0.39, 0.29) is 19.7 Å². The number of halogens is 1. The number of nitrogens with zero attached hydrogens (tertiary/aromatic N) is 1. The zero-order chi connectivity index (χ0) is 15.7. The number of ether oxygens (including phenoxy) is 3. The maximum absolute atomic E-state index is 11.3. The standard InChI is InChI=1S/C14H18ClNO5/c1-19-13(17)9-16(10-14(18)20-2)7-8-21-12-6-4-3-5-11(12)15/h3-6H,7-10H2,1-2H3. The predicted octanol–water partition coefficient (Wildman–Crippen LogP) is 1.37. The van der Waals surface area contributed by atoms with Gasteiger partial charge in [-0.15, -0.1) is 0 Å². The van der Waals surface area contributed by atoms with Crippen molar-refractivity contribution in [3.63, 3.8) is 0 Å². The van der Waals surface area contributed by atoms with Crippen molar-refractivity contribution in [2.45, 2.75) is 0 Å². The van der Waals surface area contributed by atoms with Crippen LogP contribution in [0.5, 0.6) is 5.75 Å². The molecule has 1 aromatic rings. The molecule has 0 radical (unpaired) electrons. The highest BCUT2D eigenvalue weighted by atomic mass is 35.5. The third kappa shape index (κ3) is 6.46. The number of carbonyl (C=O) groups is 2. The lowest BCUT2D eigenvalue weighted by molar-refractivity contribution is -0.145.